The van der Waals surface area contributed by atoms with Crippen molar-refractivity contribution in [2.75, 3.05) is 18.5 Å². The lowest BCUT2D eigenvalue weighted by Gasteiger charge is -2.15. The third-order valence-corrected chi connectivity index (χ3v) is 2.92. The zero-order valence-electron chi connectivity index (χ0n) is 9.63. The van der Waals surface area contributed by atoms with E-state index in [1.807, 2.05) is 0 Å². The number of rotatable bonds is 3. The summed E-state index contributed by atoms with van der Waals surface area (Å²) in [6.07, 6.45) is 0.877. The van der Waals surface area contributed by atoms with E-state index in [2.05, 4.69) is 5.32 Å². The van der Waals surface area contributed by atoms with E-state index in [0.717, 1.165) is 12.5 Å². The van der Waals surface area contributed by atoms with Crippen LogP contribution < -0.4 is 11.1 Å². The summed E-state index contributed by atoms with van der Waals surface area (Å²) in [7, 11) is 0. The first-order chi connectivity index (χ1) is 8.08. The van der Waals surface area contributed by atoms with E-state index in [1.165, 1.54) is 0 Å². The van der Waals surface area contributed by atoms with Gasteiger partial charge in [0, 0.05) is 23.4 Å². The van der Waals surface area contributed by atoms with Crippen LogP contribution in [0.25, 0.3) is 0 Å². The number of hydrogen-bond acceptors (Lipinski definition) is 3. The molecule has 1 amide bonds. The zero-order chi connectivity index (χ0) is 12.4. The predicted molar refractivity (Wildman–Crippen MR) is 62.5 cm³/mol. The van der Waals surface area contributed by atoms with Gasteiger partial charge in [-0.15, -0.1) is 0 Å². The van der Waals surface area contributed by atoms with Crippen molar-refractivity contribution >= 4 is 11.6 Å². The van der Waals surface area contributed by atoms with Crippen molar-refractivity contribution in [1.29, 1.82) is 0 Å². The molecule has 1 heterocycles. The largest absolute Gasteiger partial charge is 0.380 e. The smallest absolute Gasteiger partial charge is 0.248 e. The molecule has 1 aromatic carbocycles. The first-order valence-corrected chi connectivity index (χ1v) is 5.52. The van der Waals surface area contributed by atoms with Crippen molar-refractivity contribution in [1.82, 2.24) is 0 Å². The highest BCUT2D eigenvalue weighted by Crippen LogP contribution is 2.23. The van der Waals surface area contributed by atoms with Crippen LogP contribution in [0.15, 0.2) is 12.1 Å². The van der Waals surface area contributed by atoms with Crippen LogP contribution in [-0.4, -0.2) is 25.2 Å². The van der Waals surface area contributed by atoms with Crippen molar-refractivity contribution < 1.29 is 13.9 Å². The molecule has 0 aromatic heterocycles. The zero-order valence-corrected chi connectivity index (χ0v) is 9.63. The lowest BCUT2D eigenvalue weighted by atomic mass is 10.1. The number of ether oxygens (including phenoxy) is 1. The number of hydrogen-bond donors (Lipinski definition) is 2. The predicted octanol–water partition coefficient (Wildman–Crippen LogP) is 1.43. The lowest BCUT2D eigenvalue weighted by Crippen LogP contribution is -2.21. The summed E-state index contributed by atoms with van der Waals surface area (Å²) in [6.45, 7) is 2.97. The SMILES string of the molecule is Cc1c(F)cc(C(N)=O)cc1NC1CCOC1. The molecule has 0 bridgehead atoms. The van der Waals surface area contributed by atoms with Crippen LogP contribution in [0.3, 0.4) is 0 Å². The van der Waals surface area contributed by atoms with Crippen LogP contribution in [-0.2, 0) is 4.74 Å². The molecule has 1 unspecified atom stereocenters. The number of benzene rings is 1. The number of nitrogens with two attached hydrogens (primary N) is 1. The van der Waals surface area contributed by atoms with Crippen molar-refractivity contribution in [3.8, 4) is 0 Å². The molecule has 0 spiro atoms. The summed E-state index contributed by atoms with van der Waals surface area (Å²) in [4.78, 5) is 11.1. The number of nitrogens with one attached hydrogen (secondary N) is 1. The van der Waals surface area contributed by atoms with Gasteiger partial charge in [0.15, 0.2) is 0 Å². The minimum absolute atomic E-state index is 0.163. The average Bonchev–Trinajstić information content (AvgIpc) is 2.77. The van der Waals surface area contributed by atoms with Gasteiger partial charge in [0.2, 0.25) is 5.91 Å². The number of carbonyl (C=O) groups is 1. The maximum atomic E-state index is 13.6. The van der Waals surface area contributed by atoms with Gasteiger partial charge in [0.05, 0.1) is 12.6 Å². The molecule has 1 saturated heterocycles. The molecule has 3 N–H and O–H groups in total. The van der Waals surface area contributed by atoms with Crippen LogP contribution in [0.5, 0.6) is 0 Å². The monoisotopic (exact) mass is 238 g/mol. The van der Waals surface area contributed by atoms with Gasteiger partial charge in [-0.05, 0) is 25.5 Å². The Kier molecular flexibility index (Phi) is 3.28. The molecule has 1 aromatic rings. The molecular weight excluding hydrogens is 223 g/mol. The quantitative estimate of drug-likeness (QED) is 0.837. The Morgan fingerprint density at radius 1 is 1.59 bits per heavy atom. The maximum Gasteiger partial charge on any atom is 0.248 e. The molecule has 5 heteroatoms. The molecule has 92 valence electrons. The molecule has 1 aliphatic rings. The van der Waals surface area contributed by atoms with Crippen molar-refractivity contribution in [2.24, 2.45) is 5.73 Å². The molecule has 2 rings (SSSR count). The molecule has 1 aliphatic heterocycles. The summed E-state index contributed by atoms with van der Waals surface area (Å²) < 4.78 is 18.8. The van der Waals surface area contributed by atoms with Gasteiger partial charge in [-0.3, -0.25) is 4.79 Å². The Balaban J connectivity index is 2.27. The van der Waals surface area contributed by atoms with Gasteiger partial charge in [-0.2, -0.15) is 0 Å². The van der Waals surface area contributed by atoms with Gasteiger partial charge in [-0.25, -0.2) is 4.39 Å². The summed E-state index contributed by atoms with van der Waals surface area (Å²) in [5.41, 5.74) is 6.42. The van der Waals surface area contributed by atoms with Crippen LogP contribution in [0.2, 0.25) is 0 Å². The molecule has 0 radical (unpaired) electrons. The molecule has 1 fully saturated rings. The van der Waals surface area contributed by atoms with E-state index in [4.69, 9.17) is 10.5 Å². The van der Waals surface area contributed by atoms with E-state index < -0.39 is 11.7 Å². The van der Waals surface area contributed by atoms with E-state index in [9.17, 15) is 9.18 Å². The molecule has 1 atom stereocenters. The van der Waals surface area contributed by atoms with Crippen LogP contribution in [0, 0.1) is 12.7 Å². The third kappa shape index (κ3) is 2.55. The number of primary amides is 1. The Morgan fingerprint density at radius 2 is 2.35 bits per heavy atom. The maximum absolute atomic E-state index is 13.6. The normalized spacial score (nSPS) is 19.3. The lowest BCUT2D eigenvalue weighted by molar-refractivity contribution is 0.1000. The highest BCUT2D eigenvalue weighted by molar-refractivity contribution is 5.94. The second-order valence-electron chi connectivity index (χ2n) is 4.20. The van der Waals surface area contributed by atoms with Crippen LogP contribution in [0.4, 0.5) is 10.1 Å². The minimum Gasteiger partial charge on any atom is -0.380 e. The Hall–Kier alpha value is -1.62. The fourth-order valence-electron chi connectivity index (χ4n) is 1.84. The molecule has 0 aliphatic carbocycles. The summed E-state index contributed by atoms with van der Waals surface area (Å²) in [5, 5.41) is 3.17. The van der Waals surface area contributed by atoms with Gasteiger partial charge in [0.25, 0.3) is 0 Å². The second kappa shape index (κ2) is 4.71. The van der Waals surface area contributed by atoms with Crippen molar-refractivity contribution in [3.05, 3.63) is 29.1 Å². The molecule has 0 saturated carbocycles. The summed E-state index contributed by atoms with van der Waals surface area (Å²) in [5.74, 6) is -1.06. The molecular formula is C12H15FN2O2. The third-order valence-electron chi connectivity index (χ3n) is 2.92. The number of carbonyl (C=O) groups excluding carboxylic acids is 1. The topological polar surface area (TPSA) is 64.4 Å². The first kappa shape index (κ1) is 11.9. The molecule has 17 heavy (non-hydrogen) atoms. The van der Waals surface area contributed by atoms with Gasteiger partial charge in [0.1, 0.15) is 5.82 Å². The Labute approximate surface area is 98.9 Å². The standard InChI is InChI=1S/C12H15FN2O2/c1-7-10(13)4-8(12(14)16)5-11(7)15-9-2-3-17-6-9/h4-5,9,15H,2-3,6H2,1H3,(H2,14,16). The highest BCUT2D eigenvalue weighted by atomic mass is 19.1. The van der Waals surface area contributed by atoms with Gasteiger partial charge >= 0.3 is 0 Å². The van der Waals surface area contributed by atoms with Gasteiger partial charge in [-0.1, -0.05) is 0 Å². The first-order valence-electron chi connectivity index (χ1n) is 5.52. The van der Waals surface area contributed by atoms with E-state index >= 15 is 0 Å². The summed E-state index contributed by atoms with van der Waals surface area (Å²) >= 11 is 0. The number of anilines is 1. The van der Waals surface area contributed by atoms with Crippen molar-refractivity contribution in [2.45, 2.75) is 19.4 Å². The second-order valence-corrected chi connectivity index (χ2v) is 4.20. The number of amides is 1. The Morgan fingerprint density at radius 3 is 2.94 bits per heavy atom. The molecule has 4 nitrogen and oxygen atoms in total. The number of halogens is 1. The van der Waals surface area contributed by atoms with Crippen molar-refractivity contribution in [3.63, 3.8) is 0 Å². The van der Waals surface area contributed by atoms with E-state index in [-0.39, 0.29) is 11.6 Å². The van der Waals surface area contributed by atoms with Crippen LogP contribution >= 0.6 is 0 Å². The summed E-state index contributed by atoms with van der Waals surface area (Å²) in [6, 6.07) is 2.91. The Bertz CT molecular complexity index is 442. The van der Waals surface area contributed by atoms with E-state index in [0.29, 0.717) is 24.5 Å². The van der Waals surface area contributed by atoms with Gasteiger partial charge < -0.3 is 15.8 Å². The minimum atomic E-state index is -0.630. The van der Waals surface area contributed by atoms with E-state index in [1.54, 1.807) is 13.0 Å². The fraction of sp³-hybridized carbons (Fsp3) is 0.417. The fourth-order valence-corrected chi connectivity index (χ4v) is 1.84. The highest BCUT2D eigenvalue weighted by Gasteiger charge is 2.18. The van der Waals surface area contributed by atoms with Crippen LogP contribution in [0.1, 0.15) is 22.3 Å². The average molecular weight is 238 g/mol.